The number of phenolic OH excluding ortho intramolecular Hbond substituents is 1. The van der Waals surface area contributed by atoms with E-state index in [1.165, 1.54) is 94.6 Å². The highest BCUT2D eigenvalue weighted by Crippen LogP contribution is 2.28. The number of rotatable bonds is 14. The largest absolute Gasteiger partial charge is 0.508 e. The summed E-state index contributed by atoms with van der Waals surface area (Å²) in [6, 6.07) is 6.50. The fraction of sp³-hybridized carbons (Fsp3) is 0.750. The number of aryl methyl sites for hydroxylation is 1. The summed E-state index contributed by atoms with van der Waals surface area (Å²) in [4.78, 5) is 0. The minimum atomic E-state index is 0.486. The van der Waals surface area contributed by atoms with Crippen LogP contribution in [0.15, 0.2) is 18.2 Å². The molecule has 0 saturated heterocycles. The maximum atomic E-state index is 10.0. The Morgan fingerprint density at radius 3 is 2.15 bits per heavy atom. The van der Waals surface area contributed by atoms with E-state index in [0.29, 0.717) is 11.8 Å². The number of unbranched alkanes of at least 4 members (excludes halogenated alkanes) is 11. The first-order valence-electron chi connectivity index (χ1n) is 11.3. The molecule has 1 aliphatic rings. The number of aromatic hydroxyl groups is 1. The molecule has 2 rings (SSSR count). The third kappa shape index (κ3) is 8.12. The smallest absolute Gasteiger partial charge is 0.119 e. The second-order valence-corrected chi connectivity index (χ2v) is 8.20. The van der Waals surface area contributed by atoms with Gasteiger partial charge in [0.05, 0.1) is 0 Å². The Bertz CT molecular complexity index is 485. The molecule has 2 heteroatoms. The summed E-state index contributed by atoms with van der Waals surface area (Å²) in [6.07, 6.45) is 20.2. The lowest BCUT2D eigenvalue weighted by molar-refractivity contribution is 0.421. The molecule has 2 nitrogen and oxygen atoms in total. The number of nitrogens with one attached hydrogen (secondary N) is 1. The Kier molecular flexibility index (Phi) is 10.8. The van der Waals surface area contributed by atoms with E-state index in [0.717, 1.165) is 19.4 Å². The average molecular weight is 360 g/mol. The highest BCUT2D eigenvalue weighted by atomic mass is 16.3. The number of hydrogen-bond donors (Lipinski definition) is 2. The van der Waals surface area contributed by atoms with Gasteiger partial charge < -0.3 is 10.4 Å². The Balaban J connectivity index is 1.40. The molecule has 148 valence electrons. The van der Waals surface area contributed by atoms with E-state index in [-0.39, 0.29) is 0 Å². The molecule has 26 heavy (non-hydrogen) atoms. The van der Waals surface area contributed by atoms with E-state index in [1.54, 1.807) is 0 Å². The molecule has 0 spiro atoms. The van der Waals surface area contributed by atoms with Gasteiger partial charge in [0.2, 0.25) is 0 Å². The maximum absolute atomic E-state index is 10.0. The first kappa shape index (κ1) is 21.3. The van der Waals surface area contributed by atoms with Crippen LogP contribution in [0.2, 0.25) is 0 Å². The molecule has 1 aromatic rings. The zero-order chi connectivity index (χ0) is 18.5. The molecule has 0 aromatic heterocycles. The molecule has 0 radical (unpaired) electrons. The lowest BCUT2D eigenvalue weighted by atomic mass is 9.87. The maximum Gasteiger partial charge on any atom is 0.119 e. The highest BCUT2D eigenvalue weighted by Gasteiger charge is 2.20. The second kappa shape index (κ2) is 13.2. The van der Waals surface area contributed by atoms with Crippen molar-refractivity contribution in [2.24, 2.45) is 0 Å². The molecule has 1 aromatic carbocycles. The third-order valence-electron chi connectivity index (χ3n) is 5.92. The van der Waals surface area contributed by atoms with E-state index < -0.39 is 0 Å². The molecule has 1 aliphatic carbocycles. The van der Waals surface area contributed by atoms with Gasteiger partial charge >= 0.3 is 0 Å². The van der Waals surface area contributed by atoms with Gasteiger partial charge in [-0.15, -0.1) is 0 Å². The molecule has 0 amide bonds. The van der Waals surface area contributed by atoms with Gasteiger partial charge in [-0.1, -0.05) is 89.7 Å². The Hall–Kier alpha value is -1.02. The van der Waals surface area contributed by atoms with Crippen molar-refractivity contribution in [1.29, 1.82) is 0 Å². The number of hydrogen-bond acceptors (Lipinski definition) is 2. The molecule has 0 fully saturated rings. The van der Waals surface area contributed by atoms with Gasteiger partial charge in [0.1, 0.15) is 5.75 Å². The average Bonchev–Trinajstić information content (AvgIpc) is 2.66. The first-order chi connectivity index (χ1) is 12.8. The minimum absolute atomic E-state index is 0.486. The van der Waals surface area contributed by atoms with Crippen molar-refractivity contribution in [3.63, 3.8) is 0 Å². The van der Waals surface area contributed by atoms with Crippen molar-refractivity contribution in [3.05, 3.63) is 29.3 Å². The number of benzene rings is 1. The summed E-state index contributed by atoms with van der Waals surface area (Å²) in [6.45, 7) is 3.42. The number of fused-ring (bicyclic) bond motifs is 1. The predicted molar refractivity (Wildman–Crippen MR) is 113 cm³/mol. The molecule has 0 aliphatic heterocycles. The van der Waals surface area contributed by atoms with E-state index in [1.807, 2.05) is 12.1 Å². The van der Waals surface area contributed by atoms with Crippen LogP contribution in [0.5, 0.6) is 5.75 Å². The first-order valence-corrected chi connectivity index (χ1v) is 11.3. The van der Waals surface area contributed by atoms with Crippen molar-refractivity contribution < 1.29 is 5.11 Å². The fourth-order valence-electron chi connectivity index (χ4n) is 4.22. The van der Waals surface area contributed by atoms with Gasteiger partial charge in [-0.3, -0.25) is 0 Å². The van der Waals surface area contributed by atoms with E-state index in [2.05, 4.69) is 18.3 Å². The van der Waals surface area contributed by atoms with Crippen molar-refractivity contribution in [3.8, 4) is 5.75 Å². The molecular weight excluding hydrogens is 318 g/mol. The summed E-state index contributed by atoms with van der Waals surface area (Å²) in [5.74, 6) is 0.486. The van der Waals surface area contributed by atoms with Crippen molar-refractivity contribution in [2.45, 2.75) is 109 Å². The summed E-state index contributed by atoms with van der Waals surface area (Å²) in [5.41, 5.74) is 2.51. The van der Waals surface area contributed by atoms with Crippen molar-refractivity contribution in [2.75, 3.05) is 6.54 Å². The van der Waals surface area contributed by atoms with Crippen LogP contribution < -0.4 is 5.32 Å². The monoisotopic (exact) mass is 359 g/mol. The molecule has 2 N–H and O–H groups in total. The minimum Gasteiger partial charge on any atom is -0.508 e. The van der Waals surface area contributed by atoms with Crippen LogP contribution in [0.4, 0.5) is 0 Å². The van der Waals surface area contributed by atoms with Crippen LogP contribution in [0.25, 0.3) is 0 Å². The lowest BCUT2D eigenvalue weighted by Crippen LogP contribution is -2.35. The second-order valence-electron chi connectivity index (χ2n) is 8.20. The zero-order valence-electron chi connectivity index (χ0n) is 17.1. The van der Waals surface area contributed by atoms with Gasteiger partial charge in [-0.05, 0) is 49.4 Å². The summed E-state index contributed by atoms with van der Waals surface area (Å²) in [7, 11) is 0. The van der Waals surface area contributed by atoms with Gasteiger partial charge in [0.15, 0.2) is 0 Å². The van der Waals surface area contributed by atoms with Crippen LogP contribution in [-0.4, -0.2) is 17.7 Å². The summed E-state index contributed by atoms with van der Waals surface area (Å²) >= 11 is 0. The van der Waals surface area contributed by atoms with Gasteiger partial charge in [-0.2, -0.15) is 0 Å². The Morgan fingerprint density at radius 1 is 0.885 bits per heavy atom. The molecule has 1 unspecified atom stereocenters. The van der Waals surface area contributed by atoms with Crippen LogP contribution in [-0.2, 0) is 12.8 Å². The summed E-state index contributed by atoms with van der Waals surface area (Å²) < 4.78 is 0. The number of phenols is 1. The van der Waals surface area contributed by atoms with Gasteiger partial charge in [-0.25, -0.2) is 0 Å². The molecule has 1 atom stereocenters. The summed E-state index contributed by atoms with van der Waals surface area (Å²) in [5, 5.41) is 13.7. The van der Waals surface area contributed by atoms with E-state index in [9.17, 15) is 5.11 Å². The van der Waals surface area contributed by atoms with Gasteiger partial charge in [0.25, 0.3) is 0 Å². The standard InChI is InChI=1S/C24H41NO/c1-2-3-4-5-6-7-8-9-10-11-12-13-19-25-22-18-17-21-15-14-16-24(26)23(21)20-22/h14-16,22,25-26H,2-13,17-20H2,1H3. The molecule has 0 bridgehead atoms. The quantitative estimate of drug-likeness (QED) is 0.370. The Labute approximate surface area is 161 Å². The van der Waals surface area contributed by atoms with Crippen LogP contribution in [0, 0.1) is 0 Å². The van der Waals surface area contributed by atoms with Crippen LogP contribution >= 0.6 is 0 Å². The molecule has 0 saturated carbocycles. The van der Waals surface area contributed by atoms with E-state index in [4.69, 9.17) is 0 Å². The third-order valence-corrected chi connectivity index (χ3v) is 5.92. The SMILES string of the molecule is CCCCCCCCCCCCCCNC1CCc2cccc(O)c2C1. The highest BCUT2D eigenvalue weighted by molar-refractivity contribution is 5.41. The molecule has 0 heterocycles. The zero-order valence-corrected chi connectivity index (χ0v) is 17.1. The fourth-order valence-corrected chi connectivity index (χ4v) is 4.22. The van der Waals surface area contributed by atoms with Crippen molar-refractivity contribution in [1.82, 2.24) is 5.32 Å². The lowest BCUT2D eigenvalue weighted by Gasteiger charge is -2.26. The van der Waals surface area contributed by atoms with Gasteiger partial charge in [0, 0.05) is 6.04 Å². The predicted octanol–water partition coefficient (Wildman–Crippen LogP) is 6.54. The molecular formula is C24H41NO. The van der Waals surface area contributed by atoms with Crippen LogP contribution in [0.1, 0.15) is 102 Å². The Morgan fingerprint density at radius 2 is 1.50 bits per heavy atom. The van der Waals surface area contributed by atoms with E-state index >= 15 is 0 Å². The topological polar surface area (TPSA) is 32.3 Å². The van der Waals surface area contributed by atoms with Crippen molar-refractivity contribution >= 4 is 0 Å². The normalized spacial score (nSPS) is 16.6. The van der Waals surface area contributed by atoms with Crippen LogP contribution in [0.3, 0.4) is 0 Å².